The molecule has 0 saturated carbocycles. The van der Waals surface area contributed by atoms with Crippen molar-refractivity contribution in [1.29, 1.82) is 0 Å². The van der Waals surface area contributed by atoms with Gasteiger partial charge in [0.15, 0.2) is 0 Å². The van der Waals surface area contributed by atoms with Gasteiger partial charge in [0.05, 0.1) is 13.2 Å². The number of ether oxygens (including phenoxy) is 1. The lowest BCUT2D eigenvalue weighted by Crippen LogP contribution is -2.62. The Hall–Kier alpha value is -1.08. The van der Waals surface area contributed by atoms with E-state index in [-0.39, 0.29) is 30.0 Å². The number of aliphatic hydroxyl groups excluding tert-OH is 1. The van der Waals surface area contributed by atoms with Gasteiger partial charge in [-0.05, 0) is 23.1 Å². The molecule has 0 bridgehead atoms. The zero-order chi connectivity index (χ0) is 17.4. The Kier molecular flexibility index (Phi) is 5.11. The number of pyridine rings is 1. The summed E-state index contributed by atoms with van der Waals surface area (Å²) in [6, 6.07) is 3.02. The first-order valence-corrected chi connectivity index (χ1v) is 7.95. The summed E-state index contributed by atoms with van der Waals surface area (Å²) in [7, 11) is 0. The van der Waals surface area contributed by atoms with Gasteiger partial charge >= 0.3 is 6.09 Å². The Morgan fingerprint density at radius 2 is 1.96 bits per heavy atom. The second kappa shape index (κ2) is 6.43. The van der Waals surface area contributed by atoms with Crippen molar-refractivity contribution < 1.29 is 19.7 Å². The van der Waals surface area contributed by atoms with Gasteiger partial charge in [-0.25, -0.2) is 9.78 Å². The summed E-state index contributed by atoms with van der Waals surface area (Å²) in [4.78, 5) is 16.5. The molecule has 1 aromatic rings. The molecule has 1 unspecified atom stereocenters. The van der Waals surface area contributed by atoms with Gasteiger partial charge in [-0.1, -0.05) is 44.0 Å². The first kappa shape index (κ1) is 18.3. The molecule has 23 heavy (non-hydrogen) atoms. The number of amides is 1. The molecule has 1 aromatic heterocycles. The number of aliphatic hydroxyl groups is 1. The number of hydrogen-bond acceptors (Lipinski definition) is 4. The molecule has 6 nitrogen and oxygen atoms in total. The third-order valence-electron chi connectivity index (χ3n) is 4.23. The summed E-state index contributed by atoms with van der Waals surface area (Å²) in [6.45, 7) is 6.19. The van der Waals surface area contributed by atoms with Crippen molar-refractivity contribution in [3.05, 3.63) is 28.0 Å². The maximum absolute atomic E-state index is 11.4. The highest BCUT2D eigenvalue weighted by Gasteiger charge is 2.53. The van der Waals surface area contributed by atoms with Crippen LogP contribution in [0.2, 0.25) is 10.3 Å². The minimum absolute atomic E-state index is 0.0462. The van der Waals surface area contributed by atoms with Crippen LogP contribution in [0.15, 0.2) is 12.1 Å². The van der Waals surface area contributed by atoms with Crippen LogP contribution in [0, 0.1) is 5.41 Å². The van der Waals surface area contributed by atoms with E-state index in [0.717, 1.165) is 0 Å². The van der Waals surface area contributed by atoms with E-state index in [9.17, 15) is 15.0 Å². The zero-order valence-electron chi connectivity index (χ0n) is 13.2. The fourth-order valence-electron chi connectivity index (χ4n) is 2.85. The van der Waals surface area contributed by atoms with Crippen molar-refractivity contribution in [2.24, 2.45) is 5.41 Å². The summed E-state index contributed by atoms with van der Waals surface area (Å²) < 4.78 is 5.94. The largest absolute Gasteiger partial charge is 0.465 e. The van der Waals surface area contributed by atoms with E-state index in [2.05, 4.69) is 4.98 Å². The van der Waals surface area contributed by atoms with Crippen molar-refractivity contribution in [1.82, 2.24) is 9.88 Å². The van der Waals surface area contributed by atoms with Crippen LogP contribution >= 0.6 is 23.2 Å². The van der Waals surface area contributed by atoms with Crippen LogP contribution in [0.1, 0.15) is 32.4 Å². The van der Waals surface area contributed by atoms with Crippen LogP contribution in [0.5, 0.6) is 0 Å². The maximum atomic E-state index is 11.4. The molecule has 2 N–H and O–H groups in total. The van der Waals surface area contributed by atoms with E-state index in [4.69, 9.17) is 27.9 Å². The second-order valence-electron chi connectivity index (χ2n) is 6.64. The molecular formula is C15H20Cl2N2O4. The first-order valence-electron chi connectivity index (χ1n) is 7.20. The minimum Gasteiger partial charge on any atom is -0.465 e. The number of aromatic nitrogens is 1. The molecule has 0 aliphatic carbocycles. The highest BCUT2D eigenvalue weighted by Crippen LogP contribution is 2.46. The van der Waals surface area contributed by atoms with Gasteiger partial charge in [0, 0.05) is 6.54 Å². The summed E-state index contributed by atoms with van der Waals surface area (Å²) in [5, 5.41) is 20.6. The number of carboxylic acid groups (broad SMARTS) is 1. The van der Waals surface area contributed by atoms with E-state index >= 15 is 0 Å². The van der Waals surface area contributed by atoms with Gasteiger partial charge < -0.3 is 19.8 Å². The zero-order valence-corrected chi connectivity index (χ0v) is 14.7. The maximum Gasteiger partial charge on any atom is 0.407 e. The minimum atomic E-state index is -1.13. The molecule has 2 atom stereocenters. The number of halogens is 2. The third kappa shape index (κ3) is 3.55. The Labute approximate surface area is 145 Å². The van der Waals surface area contributed by atoms with Crippen molar-refractivity contribution in [3.8, 4) is 0 Å². The highest BCUT2D eigenvalue weighted by molar-refractivity contribution is 6.32. The molecular weight excluding hydrogens is 343 g/mol. The van der Waals surface area contributed by atoms with Gasteiger partial charge in [-0.15, -0.1) is 0 Å². The number of morpholine rings is 1. The Morgan fingerprint density at radius 3 is 2.43 bits per heavy atom. The lowest BCUT2D eigenvalue weighted by Gasteiger charge is -2.52. The molecule has 0 aromatic carbocycles. The predicted molar refractivity (Wildman–Crippen MR) is 87.0 cm³/mol. The number of nitrogens with zero attached hydrogens (tertiary/aromatic N) is 2. The quantitative estimate of drug-likeness (QED) is 0.789. The number of rotatable bonds is 2. The Balaban J connectivity index is 2.48. The van der Waals surface area contributed by atoms with E-state index in [1.54, 1.807) is 0 Å². The molecule has 2 rings (SSSR count). The average molecular weight is 363 g/mol. The fourth-order valence-corrected chi connectivity index (χ4v) is 3.33. The topological polar surface area (TPSA) is 82.9 Å². The Bertz CT molecular complexity index is 585. The van der Waals surface area contributed by atoms with Crippen LogP contribution < -0.4 is 0 Å². The van der Waals surface area contributed by atoms with E-state index < -0.39 is 23.2 Å². The molecule has 1 amide bonds. The summed E-state index contributed by atoms with van der Waals surface area (Å²) in [6.07, 6.45) is -2.15. The van der Waals surface area contributed by atoms with Crippen molar-refractivity contribution >= 4 is 29.3 Å². The molecule has 128 valence electrons. The van der Waals surface area contributed by atoms with Crippen molar-refractivity contribution in [2.75, 3.05) is 19.7 Å². The highest BCUT2D eigenvalue weighted by atomic mass is 35.5. The fraction of sp³-hybridized carbons (Fsp3) is 0.600. The summed E-state index contributed by atoms with van der Waals surface area (Å²) in [5.74, 6) is 0. The van der Waals surface area contributed by atoms with Crippen molar-refractivity contribution in [3.63, 3.8) is 0 Å². The lowest BCUT2D eigenvalue weighted by atomic mass is 9.70. The summed E-state index contributed by atoms with van der Waals surface area (Å²) in [5.41, 5.74) is -1.22. The predicted octanol–water partition coefficient (Wildman–Crippen LogP) is 3.22. The van der Waals surface area contributed by atoms with Gasteiger partial charge in [0.25, 0.3) is 0 Å². The Morgan fingerprint density at radius 1 is 1.39 bits per heavy atom. The molecule has 1 aliphatic heterocycles. The van der Waals surface area contributed by atoms with Crippen LogP contribution in [0.25, 0.3) is 0 Å². The average Bonchev–Trinajstić information content (AvgIpc) is 2.44. The van der Waals surface area contributed by atoms with E-state index in [1.807, 2.05) is 20.8 Å². The van der Waals surface area contributed by atoms with Gasteiger partial charge in [-0.2, -0.15) is 0 Å². The van der Waals surface area contributed by atoms with Crippen molar-refractivity contribution in [2.45, 2.75) is 32.5 Å². The molecule has 2 heterocycles. The van der Waals surface area contributed by atoms with E-state index in [1.165, 1.54) is 17.0 Å². The molecule has 1 fully saturated rings. The molecule has 1 aliphatic rings. The van der Waals surface area contributed by atoms with Gasteiger partial charge in [0.1, 0.15) is 22.0 Å². The van der Waals surface area contributed by atoms with Crippen LogP contribution in [0.3, 0.4) is 0 Å². The summed E-state index contributed by atoms with van der Waals surface area (Å²) >= 11 is 11.8. The number of hydrogen-bond donors (Lipinski definition) is 2. The van der Waals surface area contributed by atoms with Gasteiger partial charge in [-0.3, -0.25) is 0 Å². The standard InChI is InChI=1S/C15H20Cl2N2O4/c1-14(2,3)15(8-19(13(21)22)4-5-23-15)12(20)9-6-10(16)18-11(17)7-9/h6-7,12,20H,4-5,8H2,1-3H3,(H,21,22)/t12?,15-/m1/s1. The SMILES string of the molecule is CC(C)(C)[C@]1(C(O)c2cc(Cl)nc(Cl)c2)CN(C(=O)O)CCO1. The molecule has 0 radical (unpaired) electrons. The molecule has 8 heteroatoms. The lowest BCUT2D eigenvalue weighted by molar-refractivity contribution is -0.213. The van der Waals surface area contributed by atoms with E-state index in [0.29, 0.717) is 5.56 Å². The molecule has 0 spiro atoms. The van der Waals surface area contributed by atoms with Crippen LogP contribution in [-0.2, 0) is 4.74 Å². The van der Waals surface area contributed by atoms with Gasteiger partial charge in [0.2, 0.25) is 0 Å². The normalized spacial score (nSPS) is 23.7. The second-order valence-corrected chi connectivity index (χ2v) is 7.42. The smallest absolute Gasteiger partial charge is 0.407 e. The first-order chi connectivity index (χ1) is 10.6. The monoisotopic (exact) mass is 362 g/mol. The van der Waals surface area contributed by atoms with Crippen LogP contribution in [0.4, 0.5) is 4.79 Å². The number of carbonyl (C=O) groups is 1. The van der Waals surface area contributed by atoms with Crippen LogP contribution in [-0.4, -0.2) is 51.5 Å². The third-order valence-corrected chi connectivity index (χ3v) is 4.62. The molecule has 1 saturated heterocycles.